The first-order valence-electron chi connectivity index (χ1n) is 10.9. The summed E-state index contributed by atoms with van der Waals surface area (Å²) in [6.07, 6.45) is 5.35. The number of rotatable bonds is 4. The molecule has 11 heteroatoms. The standard InChI is InChI=1S/C22H21BrN8OS/c1-12-28-29-19(33-12)13-2-4-15(5-3-13)31-18-16(17(23)30-31)11-25-21(27-18)26-14-6-7-22(10-14)8-9-24-20(22)32/h2-5,11,14H,6-10H2,1H3,(H,24,32)(H,25,26,27)/t14-,22+/m1/s1. The van der Waals surface area contributed by atoms with Gasteiger partial charge in [0.1, 0.15) is 14.6 Å². The van der Waals surface area contributed by atoms with Gasteiger partial charge in [-0.1, -0.05) is 11.3 Å². The molecule has 3 aromatic heterocycles. The van der Waals surface area contributed by atoms with Crippen molar-refractivity contribution >= 4 is 50.2 Å². The molecule has 0 radical (unpaired) electrons. The Labute approximate surface area is 202 Å². The van der Waals surface area contributed by atoms with Crippen LogP contribution < -0.4 is 10.6 Å². The van der Waals surface area contributed by atoms with E-state index in [0.29, 0.717) is 16.2 Å². The Balaban J connectivity index is 1.28. The van der Waals surface area contributed by atoms with E-state index in [0.717, 1.165) is 58.9 Å². The molecule has 9 nitrogen and oxygen atoms in total. The average molecular weight is 525 g/mol. The third-order valence-corrected chi connectivity index (χ3v) is 8.05. The van der Waals surface area contributed by atoms with Crippen LogP contribution in [0.15, 0.2) is 35.1 Å². The Morgan fingerprint density at radius 2 is 2.09 bits per heavy atom. The summed E-state index contributed by atoms with van der Waals surface area (Å²) in [5.74, 6) is 0.745. The minimum absolute atomic E-state index is 0.181. The molecule has 33 heavy (non-hydrogen) atoms. The van der Waals surface area contributed by atoms with E-state index in [1.165, 1.54) is 0 Å². The summed E-state index contributed by atoms with van der Waals surface area (Å²) in [6, 6.07) is 8.21. The first kappa shape index (κ1) is 20.7. The average Bonchev–Trinajstić information content (AvgIpc) is 3.58. The Hall–Kier alpha value is -2.92. The molecule has 2 N–H and O–H groups in total. The molecule has 2 atom stereocenters. The summed E-state index contributed by atoms with van der Waals surface area (Å²) in [6.45, 7) is 2.72. The van der Waals surface area contributed by atoms with Crippen molar-refractivity contribution < 1.29 is 4.79 Å². The number of hydrogen-bond acceptors (Lipinski definition) is 8. The SMILES string of the molecule is Cc1nnc(-c2ccc(-n3nc(Br)c4cnc(N[C@@H]5CC[C@]6(CCNC6=O)C5)nc43)cc2)s1. The lowest BCUT2D eigenvalue weighted by atomic mass is 9.84. The zero-order chi connectivity index (χ0) is 22.6. The second-order valence-corrected chi connectivity index (χ2v) is 10.6. The van der Waals surface area contributed by atoms with Crippen molar-refractivity contribution in [3.05, 3.63) is 40.1 Å². The number of hydrogen-bond donors (Lipinski definition) is 2. The van der Waals surface area contributed by atoms with Gasteiger partial charge in [0.25, 0.3) is 0 Å². The maximum atomic E-state index is 12.3. The number of carbonyl (C=O) groups excluding carboxylic acids is 1. The van der Waals surface area contributed by atoms with Crippen LogP contribution in [-0.2, 0) is 4.79 Å². The number of carbonyl (C=O) groups is 1. The fourth-order valence-corrected chi connectivity index (χ4v) is 5.99. The van der Waals surface area contributed by atoms with Gasteiger partial charge >= 0.3 is 0 Å². The fraction of sp³-hybridized carbons (Fsp3) is 0.364. The highest BCUT2D eigenvalue weighted by molar-refractivity contribution is 9.10. The van der Waals surface area contributed by atoms with Crippen molar-refractivity contribution in [2.24, 2.45) is 5.41 Å². The van der Waals surface area contributed by atoms with Gasteiger partial charge in [0.15, 0.2) is 5.65 Å². The Bertz CT molecular complexity index is 1370. The molecule has 1 amide bonds. The van der Waals surface area contributed by atoms with E-state index in [2.05, 4.69) is 46.8 Å². The first-order chi connectivity index (χ1) is 16.0. The third kappa shape index (κ3) is 3.59. The van der Waals surface area contributed by atoms with Crippen LogP contribution in [0.5, 0.6) is 0 Å². The van der Waals surface area contributed by atoms with Gasteiger partial charge in [0, 0.05) is 24.3 Å². The number of nitrogens with one attached hydrogen (secondary N) is 2. The lowest BCUT2D eigenvalue weighted by Gasteiger charge is -2.19. The number of halogens is 1. The maximum absolute atomic E-state index is 12.3. The van der Waals surface area contributed by atoms with E-state index in [4.69, 9.17) is 4.98 Å². The molecule has 1 aromatic carbocycles. The Kier molecular flexibility index (Phi) is 4.91. The number of amides is 1. The van der Waals surface area contributed by atoms with Crippen LogP contribution in [0.1, 0.15) is 30.7 Å². The van der Waals surface area contributed by atoms with Gasteiger partial charge in [0.05, 0.1) is 16.5 Å². The van der Waals surface area contributed by atoms with Gasteiger partial charge in [0.2, 0.25) is 11.9 Å². The predicted octanol–water partition coefficient (Wildman–Crippen LogP) is 3.88. The highest BCUT2D eigenvalue weighted by Gasteiger charge is 2.47. The summed E-state index contributed by atoms with van der Waals surface area (Å²) < 4.78 is 2.50. The predicted molar refractivity (Wildman–Crippen MR) is 129 cm³/mol. The quantitative estimate of drug-likeness (QED) is 0.416. The molecule has 168 valence electrons. The van der Waals surface area contributed by atoms with E-state index >= 15 is 0 Å². The van der Waals surface area contributed by atoms with E-state index in [1.807, 2.05) is 35.9 Å². The molecular weight excluding hydrogens is 504 g/mol. The van der Waals surface area contributed by atoms with Crippen molar-refractivity contribution in [2.45, 2.75) is 38.6 Å². The molecule has 4 aromatic rings. The fourth-order valence-electron chi connectivity index (χ4n) is 4.86. The zero-order valence-electron chi connectivity index (χ0n) is 17.9. The lowest BCUT2D eigenvalue weighted by molar-refractivity contribution is -0.127. The summed E-state index contributed by atoms with van der Waals surface area (Å²) in [7, 11) is 0. The van der Waals surface area contributed by atoms with Crippen molar-refractivity contribution in [1.82, 2.24) is 35.3 Å². The molecule has 2 fully saturated rings. The van der Waals surface area contributed by atoms with Crippen molar-refractivity contribution in [3.63, 3.8) is 0 Å². The van der Waals surface area contributed by atoms with Crippen LogP contribution in [0.4, 0.5) is 5.95 Å². The summed E-state index contributed by atoms with van der Waals surface area (Å²) in [5, 5.41) is 22.1. The van der Waals surface area contributed by atoms with Crippen molar-refractivity contribution in [2.75, 3.05) is 11.9 Å². The largest absolute Gasteiger partial charge is 0.356 e. The molecule has 0 unspecified atom stereocenters. The molecule has 1 saturated carbocycles. The van der Waals surface area contributed by atoms with Gasteiger partial charge in [-0.3, -0.25) is 4.79 Å². The van der Waals surface area contributed by atoms with Gasteiger partial charge in [-0.15, -0.1) is 10.2 Å². The second-order valence-electron chi connectivity index (χ2n) is 8.68. The second kappa shape index (κ2) is 7.84. The molecule has 0 bridgehead atoms. The molecule has 4 heterocycles. The van der Waals surface area contributed by atoms with Crippen molar-refractivity contribution in [3.8, 4) is 16.3 Å². The molecule has 1 aliphatic carbocycles. The van der Waals surface area contributed by atoms with Gasteiger partial charge in [-0.25, -0.2) is 9.67 Å². The number of fused-ring (bicyclic) bond motifs is 1. The summed E-state index contributed by atoms with van der Waals surface area (Å²) >= 11 is 5.10. The smallest absolute Gasteiger partial charge is 0.226 e. The minimum atomic E-state index is -0.222. The number of aryl methyl sites for hydroxylation is 1. The van der Waals surface area contributed by atoms with E-state index in [9.17, 15) is 4.79 Å². The normalized spacial score (nSPS) is 22.4. The summed E-state index contributed by atoms with van der Waals surface area (Å²) in [4.78, 5) is 21.6. The van der Waals surface area contributed by atoms with E-state index in [-0.39, 0.29) is 17.4 Å². The van der Waals surface area contributed by atoms with Crippen LogP contribution in [0.25, 0.3) is 27.3 Å². The van der Waals surface area contributed by atoms with E-state index < -0.39 is 0 Å². The number of benzene rings is 1. The van der Waals surface area contributed by atoms with Gasteiger partial charge in [-0.2, -0.15) is 10.1 Å². The topological polar surface area (TPSA) is 111 Å². The van der Waals surface area contributed by atoms with Crippen molar-refractivity contribution in [1.29, 1.82) is 0 Å². The van der Waals surface area contributed by atoms with Crippen LogP contribution in [0.3, 0.4) is 0 Å². The van der Waals surface area contributed by atoms with Gasteiger partial charge < -0.3 is 10.6 Å². The van der Waals surface area contributed by atoms with E-state index in [1.54, 1.807) is 17.5 Å². The highest BCUT2D eigenvalue weighted by Crippen LogP contribution is 2.44. The first-order valence-corrected chi connectivity index (χ1v) is 12.5. The summed E-state index contributed by atoms with van der Waals surface area (Å²) in [5.41, 5.74) is 2.40. The Morgan fingerprint density at radius 1 is 1.24 bits per heavy atom. The lowest BCUT2D eigenvalue weighted by Crippen LogP contribution is -2.30. The van der Waals surface area contributed by atoms with Crippen LogP contribution in [-0.4, -0.2) is 48.4 Å². The maximum Gasteiger partial charge on any atom is 0.226 e. The van der Waals surface area contributed by atoms with Crippen LogP contribution in [0, 0.1) is 12.3 Å². The molecule has 1 aliphatic heterocycles. The highest BCUT2D eigenvalue weighted by atomic mass is 79.9. The minimum Gasteiger partial charge on any atom is -0.356 e. The monoisotopic (exact) mass is 524 g/mol. The number of anilines is 1. The molecular formula is C22H21BrN8OS. The van der Waals surface area contributed by atoms with Crippen LogP contribution in [0.2, 0.25) is 0 Å². The molecule has 6 rings (SSSR count). The van der Waals surface area contributed by atoms with Gasteiger partial charge in [-0.05, 0) is 72.8 Å². The number of nitrogens with zero attached hydrogens (tertiary/aromatic N) is 6. The zero-order valence-corrected chi connectivity index (χ0v) is 20.3. The number of aromatic nitrogens is 6. The molecule has 1 saturated heterocycles. The Morgan fingerprint density at radius 3 is 2.82 bits per heavy atom. The third-order valence-electron chi connectivity index (χ3n) is 6.58. The molecule has 1 spiro atoms. The van der Waals surface area contributed by atoms with Crippen LogP contribution >= 0.6 is 27.3 Å². The molecule has 2 aliphatic rings.